The second kappa shape index (κ2) is 7.99. The highest BCUT2D eigenvalue weighted by Crippen LogP contribution is 2.15. The van der Waals surface area contributed by atoms with Crippen LogP contribution in [0.15, 0.2) is 24.3 Å². The van der Waals surface area contributed by atoms with E-state index in [1.165, 1.54) is 0 Å². The van der Waals surface area contributed by atoms with Gasteiger partial charge in [0.25, 0.3) is 0 Å². The Balaban J connectivity index is 2.60. The highest BCUT2D eigenvalue weighted by atomic mass is 32.2. The summed E-state index contributed by atoms with van der Waals surface area (Å²) in [5.41, 5.74) is 1.12. The zero-order valence-electron chi connectivity index (χ0n) is 12.6. The van der Waals surface area contributed by atoms with Crippen LogP contribution in [-0.4, -0.2) is 33.2 Å². The molecule has 118 valence electrons. The number of nitrogens with one attached hydrogen (secondary N) is 3. The van der Waals surface area contributed by atoms with Gasteiger partial charge in [0.15, 0.2) is 0 Å². The lowest BCUT2D eigenvalue weighted by Gasteiger charge is -2.13. The van der Waals surface area contributed by atoms with Gasteiger partial charge in [0, 0.05) is 23.8 Å². The third kappa shape index (κ3) is 6.14. The van der Waals surface area contributed by atoms with Crippen molar-refractivity contribution in [2.24, 2.45) is 5.92 Å². The van der Waals surface area contributed by atoms with Gasteiger partial charge in [-0.1, -0.05) is 13.8 Å². The van der Waals surface area contributed by atoms with Crippen LogP contribution >= 0.6 is 0 Å². The smallest absolute Gasteiger partial charge is 0.232 e. The van der Waals surface area contributed by atoms with Crippen molar-refractivity contribution in [3.05, 3.63) is 24.3 Å². The Labute approximate surface area is 126 Å². The lowest BCUT2D eigenvalue weighted by molar-refractivity contribution is -0.119. The van der Waals surface area contributed by atoms with Gasteiger partial charge in [-0.25, -0.2) is 8.42 Å². The molecule has 0 aliphatic heterocycles. The number of carbonyl (C=O) groups is 1. The van der Waals surface area contributed by atoms with Crippen molar-refractivity contribution in [2.75, 3.05) is 28.9 Å². The largest absolute Gasteiger partial charge is 0.326 e. The van der Waals surface area contributed by atoms with E-state index in [1.807, 2.05) is 13.8 Å². The van der Waals surface area contributed by atoms with E-state index in [1.54, 1.807) is 31.2 Å². The maximum atomic E-state index is 11.9. The SMILES string of the molecule is CCNCC(C)C(=O)Nc1ccc(NS(=O)(=O)CC)cc1. The molecule has 1 amide bonds. The van der Waals surface area contributed by atoms with Crippen LogP contribution in [0, 0.1) is 5.92 Å². The minimum Gasteiger partial charge on any atom is -0.326 e. The minimum absolute atomic E-state index is 0.0213. The van der Waals surface area contributed by atoms with Gasteiger partial charge in [-0.2, -0.15) is 0 Å². The molecule has 6 nitrogen and oxygen atoms in total. The molecule has 1 unspecified atom stereocenters. The second-order valence-corrected chi connectivity index (χ2v) is 6.79. The summed E-state index contributed by atoms with van der Waals surface area (Å²) in [7, 11) is -3.28. The van der Waals surface area contributed by atoms with E-state index in [0.717, 1.165) is 6.54 Å². The number of hydrogen-bond donors (Lipinski definition) is 3. The first-order valence-electron chi connectivity index (χ1n) is 7.00. The summed E-state index contributed by atoms with van der Waals surface area (Å²) >= 11 is 0. The minimum atomic E-state index is -3.28. The van der Waals surface area contributed by atoms with Gasteiger partial charge in [0.05, 0.1) is 5.75 Å². The molecule has 3 N–H and O–H groups in total. The normalized spacial score (nSPS) is 12.7. The maximum absolute atomic E-state index is 11.9. The second-order valence-electron chi connectivity index (χ2n) is 4.78. The van der Waals surface area contributed by atoms with Crippen molar-refractivity contribution in [2.45, 2.75) is 20.8 Å². The average molecular weight is 313 g/mol. The van der Waals surface area contributed by atoms with E-state index in [2.05, 4.69) is 15.4 Å². The van der Waals surface area contributed by atoms with E-state index in [-0.39, 0.29) is 17.6 Å². The third-order valence-corrected chi connectivity index (χ3v) is 4.26. The van der Waals surface area contributed by atoms with Crippen molar-refractivity contribution in [3.8, 4) is 0 Å². The molecular formula is C14H23N3O3S. The van der Waals surface area contributed by atoms with Gasteiger partial charge in [0.1, 0.15) is 0 Å². The van der Waals surface area contributed by atoms with Crippen molar-refractivity contribution in [3.63, 3.8) is 0 Å². The molecule has 0 aliphatic carbocycles. The van der Waals surface area contributed by atoms with Crippen LogP contribution in [-0.2, 0) is 14.8 Å². The van der Waals surface area contributed by atoms with E-state index in [9.17, 15) is 13.2 Å². The van der Waals surface area contributed by atoms with Gasteiger partial charge in [0.2, 0.25) is 15.9 Å². The Kier molecular flexibility index (Phi) is 6.64. The Bertz CT molecular complexity index is 555. The Morgan fingerprint density at radius 2 is 1.71 bits per heavy atom. The molecule has 21 heavy (non-hydrogen) atoms. The quantitative estimate of drug-likeness (QED) is 0.681. The van der Waals surface area contributed by atoms with Crippen LogP contribution in [0.2, 0.25) is 0 Å². The standard InChI is InChI=1S/C14H23N3O3S/c1-4-15-10-11(3)14(18)16-12-6-8-13(9-7-12)17-21(19,20)5-2/h6-9,11,15,17H,4-5,10H2,1-3H3,(H,16,18). The first-order chi connectivity index (χ1) is 9.88. The van der Waals surface area contributed by atoms with E-state index >= 15 is 0 Å². The number of sulfonamides is 1. The number of amides is 1. The van der Waals surface area contributed by atoms with Crippen molar-refractivity contribution in [1.82, 2.24) is 5.32 Å². The highest BCUT2D eigenvalue weighted by molar-refractivity contribution is 7.92. The topological polar surface area (TPSA) is 87.3 Å². The summed E-state index contributed by atoms with van der Waals surface area (Å²) < 4.78 is 25.3. The molecule has 7 heteroatoms. The number of rotatable bonds is 8. The van der Waals surface area contributed by atoms with E-state index < -0.39 is 10.0 Å². The van der Waals surface area contributed by atoms with Crippen LogP contribution in [0.5, 0.6) is 0 Å². The van der Waals surface area contributed by atoms with Crippen molar-refractivity contribution in [1.29, 1.82) is 0 Å². The third-order valence-electron chi connectivity index (χ3n) is 2.95. The molecule has 0 fully saturated rings. The van der Waals surface area contributed by atoms with Crippen LogP contribution in [0.3, 0.4) is 0 Å². The van der Waals surface area contributed by atoms with Crippen molar-refractivity contribution >= 4 is 27.3 Å². The predicted molar refractivity (Wildman–Crippen MR) is 85.9 cm³/mol. The Morgan fingerprint density at radius 1 is 1.14 bits per heavy atom. The fourth-order valence-electron chi connectivity index (χ4n) is 1.59. The molecule has 1 aromatic rings. The molecule has 0 saturated heterocycles. The highest BCUT2D eigenvalue weighted by Gasteiger charge is 2.12. The number of hydrogen-bond acceptors (Lipinski definition) is 4. The van der Waals surface area contributed by atoms with Crippen LogP contribution in [0.1, 0.15) is 20.8 Å². The summed E-state index contributed by atoms with van der Waals surface area (Å²) in [5, 5.41) is 5.92. The maximum Gasteiger partial charge on any atom is 0.232 e. The summed E-state index contributed by atoms with van der Waals surface area (Å²) in [4.78, 5) is 11.9. The molecule has 0 radical (unpaired) electrons. The van der Waals surface area contributed by atoms with Crippen LogP contribution in [0.25, 0.3) is 0 Å². The molecular weight excluding hydrogens is 290 g/mol. The van der Waals surface area contributed by atoms with Gasteiger partial charge >= 0.3 is 0 Å². The average Bonchev–Trinajstić information content (AvgIpc) is 2.46. The first kappa shape index (κ1) is 17.5. The Morgan fingerprint density at radius 3 is 2.24 bits per heavy atom. The molecule has 0 spiro atoms. The number of benzene rings is 1. The van der Waals surface area contributed by atoms with Gasteiger partial charge in [-0.05, 0) is 37.7 Å². The number of anilines is 2. The molecule has 1 rings (SSSR count). The van der Waals surface area contributed by atoms with Gasteiger partial charge < -0.3 is 10.6 Å². The van der Waals surface area contributed by atoms with E-state index in [0.29, 0.717) is 17.9 Å². The lowest BCUT2D eigenvalue weighted by atomic mass is 10.1. The summed E-state index contributed by atoms with van der Waals surface area (Å²) in [6, 6.07) is 6.59. The first-order valence-corrected chi connectivity index (χ1v) is 8.65. The monoisotopic (exact) mass is 313 g/mol. The molecule has 0 aromatic heterocycles. The van der Waals surface area contributed by atoms with Gasteiger partial charge in [-0.3, -0.25) is 9.52 Å². The zero-order chi connectivity index (χ0) is 15.9. The van der Waals surface area contributed by atoms with Crippen LogP contribution in [0.4, 0.5) is 11.4 Å². The lowest BCUT2D eigenvalue weighted by Crippen LogP contribution is -2.30. The molecule has 0 saturated carbocycles. The van der Waals surface area contributed by atoms with Gasteiger partial charge in [-0.15, -0.1) is 0 Å². The van der Waals surface area contributed by atoms with Crippen molar-refractivity contribution < 1.29 is 13.2 Å². The molecule has 0 heterocycles. The summed E-state index contributed by atoms with van der Waals surface area (Å²) in [6.45, 7) is 6.85. The fraction of sp³-hybridized carbons (Fsp3) is 0.500. The fourth-order valence-corrected chi connectivity index (χ4v) is 2.23. The Hall–Kier alpha value is -1.60. The predicted octanol–water partition coefficient (Wildman–Crippen LogP) is 1.63. The molecule has 1 atom stereocenters. The molecule has 0 bridgehead atoms. The van der Waals surface area contributed by atoms with E-state index in [4.69, 9.17) is 0 Å². The molecule has 1 aromatic carbocycles. The summed E-state index contributed by atoms with van der Waals surface area (Å²) in [5.74, 6) is -0.186. The number of carbonyl (C=O) groups excluding carboxylic acids is 1. The molecule has 0 aliphatic rings. The summed E-state index contributed by atoms with van der Waals surface area (Å²) in [6.07, 6.45) is 0. The van der Waals surface area contributed by atoms with Crippen LogP contribution < -0.4 is 15.4 Å². The zero-order valence-corrected chi connectivity index (χ0v) is 13.5.